The average molecular weight is 790 g/mol. The molecule has 62 heavy (non-hydrogen) atoms. The van der Waals surface area contributed by atoms with Crippen molar-refractivity contribution < 1.29 is 0 Å². The molecule has 0 atom stereocenters. The molecule has 1 heterocycles. The summed E-state index contributed by atoms with van der Waals surface area (Å²) in [5.74, 6) is 1.88. The molecule has 10 aromatic carbocycles. The number of rotatable bonds is 8. The molecule has 0 aliphatic heterocycles. The highest BCUT2D eigenvalue weighted by atomic mass is 15.0. The minimum atomic E-state index is 0.624. The molecule has 0 bridgehead atoms. The Hall–Kier alpha value is -8.27. The summed E-state index contributed by atoms with van der Waals surface area (Å²) in [5.41, 5.74) is 14.5. The van der Waals surface area contributed by atoms with Gasteiger partial charge in [-0.2, -0.15) is 0 Å². The van der Waals surface area contributed by atoms with E-state index < -0.39 is 0 Å². The zero-order valence-electron chi connectivity index (χ0n) is 33.9. The van der Waals surface area contributed by atoms with Gasteiger partial charge in [0.05, 0.1) is 0 Å². The Kier molecular flexibility index (Phi) is 9.53. The van der Waals surface area contributed by atoms with Crippen molar-refractivity contribution in [3.63, 3.8) is 0 Å². The third-order valence-electron chi connectivity index (χ3n) is 11.7. The zero-order valence-corrected chi connectivity index (χ0v) is 33.9. The molecule has 0 fully saturated rings. The maximum atomic E-state index is 5.24. The number of hydrogen-bond donors (Lipinski definition) is 0. The summed E-state index contributed by atoms with van der Waals surface area (Å²) in [6.45, 7) is 0. The van der Waals surface area contributed by atoms with Crippen LogP contribution in [0.2, 0.25) is 0 Å². The number of aromatic nitrogens is 3. The van der Waals surface area contributed by atoms with Gasteiger partial charge < -0.3 is 0 Å². The van der Waals surface area contributed by atoms with Crippen LogP contribution in [0.1, 0.15) is 0 Å². The highest BCUT2D eigenvalue weighted by Gasteiger charge is 2.16. The second-order valence-corrected chi connectivity index (χ2v) is 15.7. The number of benzene rings is 10. The lowest BCUT2D eigenvalue weighted by Crippen LogP contribution is -2.00. The first-order chi connectivity index (χ1) is 30.7. The van der Waals surface area contributed by atoms with Gasteiger partial charge in [0.25, 0.3) is 0 Å². The van der Waals surface area contributed by atoms with Crippen molar-refractivity contribution in [1.82, 2.24) is 15.0 Å². The van der Waals surface area contributed by atoms with E-state index in [1.807, 2.05) is 6.07 Å². The summed E-state index contributed by atoms with van der Waals surface area (Å²) >= 11 is 0. The van der Waals surface area contributed by atoms with Crippen molar-refractivity contribution in [2.75, 3.05) is 0 Å². The van der Waals surface area contributed by atoms with Gasteiger partial charge in [-0.3, -0.25) is 0 Å². The first-order valence-electron chi connectivity index (χ1n) is 21.0. The van der Waals surface area contributed by atoms with Crippen molar-refractivity contribution in [2.24, 2.45) is 0 Å². The third kappa shape index (κ3) is 7.33. The summed E-state index contributed by atoms with van der Waals surface area (Å²) < 4.78 is 0. The highest BCUT2D eigenvalue weighted by Crippen LogP contribution is 2.37. The Bertz CT molecular complexity index is 3340. The second-order valence-electron chi connectivity index (χ2n) is 15.7. The molecule has 0 aliphatic rings. The fourth-order valence-corrected chi connectivity index (χ4v) is 8.41. The van der Waals surface area contributed by atoms with Crippen LogP contribution in [0.3, 0.4) is 0 Å². The molecule has 11 rings (SSSR count). The van der Waals surface area contributed by atoms with Crippen LogP contribution in [0, 0.1) is 0 Å². The standard InChI is InChI=1S/C59H39N3/c1-4-12-40(13-5-1)43-20-22-46(23-21-43)49-32-33-51-37-53(35-34-50(51)36-49)58-60-57(48-30-26-45(27-31-48)42-16-8-3-9-17-42)61-59(62-58)54-38-52-18-10-11-19-55(52)56(39-54)47-28-24-44(25-29-47)41-14-6-2-7-15-41/h1-39H. The summed E-state index contributed by atoms with van der Waals surface area (Å²) in [5, 5.41) is 4.58. The van der Waals surface area contributed by atoms with Gasteiger partial charge in [0.15, 0.2) is 17.5 Å². The Morgan fingerprint density at radius 2 is 0.532 bits per heavy atom. The topological polar surface area (TPSA) is 38.7 Å². The third-order valence-corrected chi connectivity index (χ3v) is 11.7. The van der Waals surface area contributed by atoms with Crippen molar-refractivity contribution in [1.29, 1.82) is 0 Å². The van der Waals surface area contributed by atoms with Gasteiger partial charge in [-0.05, 0) is 101 Å². The molecule has 0 saturated carbocycles. The molecular formula is C59H39N3. The van der Waals surface area contributed by atoms with Crippen LogP contribution < -0.4 is 0 Å². The molecule has 3 nitrogen and oxygen atoms in total. The van der Waals surface area contributed by atoms with Crippen LogP contribution in [0.15, 0.2) is 237 Å². The molecule has 0 aliphatic carbocycles. The molecule has 11 aromatic rings. The highest BCUT2D eigenvalue weighted by molar-refractivity contribution is 6.00. The molecule has 0 amide bonds. The van der Waals surface area contributed by atoms with Crippen molar-refractivity contribution >= 4 is 21.5 Å². The Balaban J connectivity index is 1.00. The van der Waals surface area contributed by atoms with E-state index in [1.165, 1.54) is 44.3 Å². The molecule has 0 unspecified atom stereocenters. The first-order valence-corrected chi connectivity index (χ1v) is 21.0. The van der Waals surface area contributed by atoms with Crippen LogP contribution in [0.25, 0.3) is 111 Å². The maximum Gasteiger partial charge on any atom is 0.164 e. The van der Waals surface area contributed by atoms with E-state index in [-0.39, 0.29) is 0 Å². The molecule has 290 valence electrons. The van der Waals surface area contributed by atoms with Gasteiger partial charge in [-0.1, -0.05) is 212 Å². The van der Waals surface area contributed by atoms with Crippen molar-refractivity contribution in [3.8, 4) is 89.8 Å². The summed E-state index contributed by atoms with van der Waals surface area (Å²) in [4.78, 5) is 15.6. The molecule has 0 radical (unpaired) electrons. The molecule has 1 aromatic heterocycles. The molecule has 0 N–H and O–H groups in total. The SMILES string of the molecule is c1ccc(-c2ccc(-c3ccc4cc(-c5nc(-c6ccc(-c7ccccc7)cc6)nc(-c6cc(-c7ccc(-c8ccccc8)cc7)c7ccccc7c6)n5)ccc4c3)cc2)cc1. The Morgan fingerprint density at radius 3 is 1.06 bits per heavy atom. The molecule has 0 spiro atoms. The van der Waals surface area contributed by atoms with E-state index in [4.69, 9.17) is 15.0 Å². The average Bonchev–Trinajstić information content (AvgIpc) is 3.36. The van der Waals surface area contributed by atoms with Crippen LogP contribution in [-0.4, -0.2) is 15.0 Å². The van der Waals surface area contributed by atoms with E-state index in [0.717, 1.165) is 49.5 Å². The smallest absolute Gasteiger partial charge is 0.164 e. The fraction of sp³-hybridized carbons (Fsp3) is 0. The molecule has 0 saturated heterocycles. The zero-order chi connectivity index (χ0) is 41.2. The predicted molar refractivity (Wildman–Crippen MR) is 258 cm³/mol. The van der Waals surface area contributed by atoms with E-state index in [2.05, 4.69) is 231 Å². The minimum Gasteiger partial charge on any atom is -0.208 e. The number of nitrogens with zero attached hydrogens (tertiary/aromatic N) is 3. The molecular weight excluding hydrogens is 751 g/mol. The van der Waals surface area contributed by atoms with Crippen molar-refractivity contribution in [3.05, 3.63) is 237 Å². The Labute approximate surface area is 361 Å². The van der Waals surface area contributed by atoms with Gasteiger partial charge in [0.1, 0.15) is 0 Å². The van der Waals surface area contributed by atoms with Gasteiger partial charge in [-0.15, -0.1) is 0 Å². The largest absolute Gasteiger partial charge is 0.208 e. The quantitative estimate of drug-likeness (QED) is 0.154. The van der Waals surface area contributed by atoms with E-state index >= 15 is 0 Å². The Morgan fingerprint density at radius 1 is 0.194 bits per heavy atom. The minimum absolute atomic E-state index is 0.624. The lowest BCUT2D eigenvalue weighted by Gasteiger charge is -2.13. The maximum absolute atomic E-state index is 5.24. The van der Waals surface area contributed by atoms with Gasteiger partial charge in [-0.25, -0.2) is 15.0 Å². The lowest BCUT2D eigenvalue weighted by molar-refractivity contribution is 1.08. The predicted octanol–water partition coefficient (Wildman–Crippen LogP) is 15.5. The van der Waals surface area contributed by atoms with Gasteiger partial charge >= 0.3 is 0 Å². The van der Waals surface area contributed by atoms with Gasteiger partial charge in [0, 0.05) is 16.7 Å². The van der Waals surface area contributed by atoms with Crippen LogP contribution in [0.4, 0.5) is 0 Å². The fourth-order valence-electron chi connectivity index (χ4n) is 8.41. The summed E-state index contributed by atoms with van der Waals surface area (Å²) in [6.07, 6.45) is 0. The number of hydrogen-bond acceptors (Lipinski definition) is 3. The second kappa shape index (κ2) is 16.1. The molecule has 3 heteroatoms. The van der Waals surface area contributed by atoms with Crippen LogP contribution in [-0.2, 0) is 0 Å². The van der Waals surface area contributed by atoms with Gasteiger partial charge in [0.2, 0.25) is 0 Å². The monoisotopic (exact) mass is 789 g/mol. The van der Waals surface area contributed by atoms with Crippen LogP contribution >= 0.6 is 0 Å². The summed E-state index contributed by atoms with van der Waals surface area (Å²) in [6, 6.07) is 83.7. The van der Waals surface area contributed by atoms with E-state index in [1.54, 1.807) is 0 Å². The van der Waals surface area contributed by atoms with E-state index in [0.29, 0.717) is 17.5 Å². The van der Waals surface area contributed by atoms with E-state index in [9.17, 15) is 0 Å². The summed E-state index contributed by atoms with van der Waals surface area (Å²) in [7, 11) is 0. The number of fused-ring (bicyclic) bond motifs is 2. The first kappa shape index (κ1) is 36.8. The van der Waals surface area contributed by atoms with Crippen molar-refractivity contribution in [2.45, 2.75) is 0 Å². The lowest BCUT2D eigenvalue weighted by atomic mass is 9.94. The van der Waals surface area contributed by atoms with Crippen LogP contribution in [0.5, 0.6) is 0 Å². The normalized spacial score (nSPS) is 11.2.